The molecule has 3 rings (SSSR count). The Labute approximate surface area is 99.3 Å². The molecule has 1 aliphatic carbocycles. The Morgan fingerprint density at radius 2 is 2.00 bits per heavy atom. The molecular formula is C15H13FO. The van der Waals surface area contributed by atoms with Gasteiger partial charge in [0.25, 0.3) is 0 Å². The number of halogens is 1. The zero-order chi connectivity index (χ0) is 11.9. The van der Waals surface area contributed by atoms with Gasteiger partial charge in [0.2, 0.25) is 0 Å². The minimum absolute atomic E-state index is 0.206. The van der Waals surface area contributed by atoms with Crippen LogP contribution in [0.15, 0.2) is 36.4 Å². The van der Waals surface area contributed by atoms with Crippen molar-refractivity contribution in [3.63, 3.8) is 0 Å². The fourth-order valence-electron chi connectivity index (χ4n) is 2.59. The molecule has 0 spiro atoms. The van der Waals surface area contributed by atoms with Crippen molar-refractivity contribution in [3.05, 3.63) is 47.8 Å². The number of carbonyl (C=O) groups is 1. The van der Waals surface area contributed by atoms with Gasteiger partial charge in [-0.2, -0.15) is 0 Å². The molecule has 0 radical (unpaired) electrons. The summed E-state index contributed by atoms with van der Waals surface area (Å²) in [4.78, 5) is 11.2. The summed E-state index contributed by atoms with van der Waals surface area (Å²) in [6.45, 7) is 0. The van der Waals surface area contributed by atoms with Crippen molar-refractivity contribution >= 4 is 17.1 Å². The highest BCUT2D eigenvalue weighted by Gasteiger charge is 2.38. The summed E-state index contributed by atoms with van der Waals surface area (Å²) in [7, 11) is 0. The molecule has 17 heavy (non-hydrogen) atoms. The van der Waals surface area contributed by atoms with Crippen LogP contribution in [0.3, 0.4) is 0 Å². The van der Waals surface area contributed by atoms with Crippen molar-refractivity contribution in [2.45, 2.75) is 24.7 Å². The lowest BCUT2D eigenvalue weighted by molar-refractivity contribution is -0.115. The highest BCUT2D eigenvalue weighted by molar-refractivity contribution is 5.85. The van der Waals surface area contributed by atoms with E-state index in [4.69, 9.17) is 0 Å². The largest absolute Gasteiger partial charge is 0.302 e. The Balaban J connectivity index is 2.17. The molecule has 0 amide bonds. The van der Waals surface area contributed by atoms with E-state index < -0.39 is 0 Å². The maximum atomic E-state index is 13.5. The molecule has 0 heterocycles. The second-order valence-corrected chi connectivity index (χ2v) is 4.80. The van der Waals surface area contributed by atoms with E-state index in [1.807, 2.05) is 18.2 Å². The van der Waals surface area contributed by atoms with Crippen molar-refractivity contribution < 1.29 is 9.18 Å². The summed E-state index contributed by atoms with van der Waals surface area (Å²) in [5.74, 6) is -0.206. The van der Waals surface area contributed by atoms with Crippen LogP contribution in [0.25, 0.3) is 10.8 Å². The van der Waals surface area contributed by atoms with Crippen LogP contribution in [0.2, 0.25) is 0 Å². The fourth-order valence-corrected chi connectivity index (χ4v) is 2.59. The van der Waals surface area contributed by atoms with Crippen molar-refractivity contribution in [1.82, 2.24) is 0 Å². The molecule has 1 saturated carbocycles. The van der Waals surface area contributed by atoms with Gasteiger partial charge in [-0.25, -0.2) is 4.39 Å². The number of hydrogen-bond donors (Lipinski definition) is 0. The van der Waals surface area contributed by atoms with Gasteiger partial charge in [0.15, 0.2) is 0 Å². The first-order valence-electron chi connectivity index (χ1n) is 5.90. The molecule has 1 nitrogen and oxygen atoms in total. The molecular weight excluding hydrogens is 215 g/mol. The van der Waals surface area contributed by atoms with Crippen LogP contribution >= 0.6 is 0 Å². The molecule has 2 aromatic carbocycles. The normalized spacial score (nSPS) is 17.7. The van der Waals surface area contributed by atoms with Gasteiger partial charge in [0, 0.05) is 5.39 Å². The summed E-state index contributed by atoms with van der Waals surface area (Å²) < 4.78 is 13.5. The van der Waals surface area contributed by atoms with Gasteiger partial charge in [0.1, 0.15) is 12.1 Å². The molecule has 86 valence electrons. The fraction of sp³-hybridized carbons (Fsp3) is 0.267. The lowest BCUT2D eigenvalue weighted by Crippen LogP contribution is -2.35. The second-order valence-electron chi connectivity index (χ2n) is 4.80. The predicted molar refractivity (Wildman–Crippen MR) is 65.5 cm³/mol. The first-order valence-corrected chi connectivity index (χ1v) is 5.90. The topological polar surface area (TPSA) is 17.1 Å². The van der Waals surface area contributed by atoms with Gasteiger partial charge in [-0.1, -0.05) is 36.8 Å². The number of aldehydes is 1. The highest BCUT2D eigenvalue weighted by Crippen LogP contribution is 2.42. The molecule has 2 heteroatoms. The highest BCUT2D eigenvalue weighted by atomic mass is 19.1. The lowest BCUT2D eigenvalue weighted by atomic mass is 9.65. The van der Waals surface area contributed by atoms with Crippen LogP contribution in [0.1, 0.15) is 24.8 Å². The Hall–Kier alpha value is -1.70. The van der Waals surface area contributed by atoms with E-state index in [2.05, 4.69) is 0 Å². The van der Waals surface area contributed by atoms with Crippen LogP contribution in [-0.4, -0.2) is 6.29 Å². The zero-order valence-electron chi connectivity index (χ0n) is 9.45. The Morgan fingerprint density at radius 3 is 2.65 bits per heavy atom. The maximum absolute atomic E-state index is 13.5. The van der Waals surface area contributed by atoms with E-state index in [0.29, 0.717) is 5.39 Å². The van der Waals surface area contributed by atoms with Crippen LogP contribution in [0.5, 0.6) is 0 Å². The van der Waals surface area contributed by atoms with Crippen molar-refractivity contribution in [3.8, 4) is 0 Å². The van der Waals surface area contributed by atoms with E-state index in [-0.39, 0.29) is 11.2 Å². The van der Waals surface area contributed by atoms with Gasteiger partial charge < -0.3 is 4.79 Å². The van der Waals surface area contributed by atoms with Crippen molar-refractivity contribution in [1.29, 1.82) is 0 Å². The molecule has 0 N–H and O–H groups in total. The van der Waals surface area contributed by atoms with Gasteiger partial charge >= 0.3 is 0 Å². The monoisotopic (exact) mass is 228 g/mol. The first kappa shape index (κ1) is 10.5. The van der Waals surface area contributed by atoms with E-state index in [0.717, 1.165) is 36.5 Å². The van der Waals surface area contributed by atoms with E-state index in [1.165, 1.54) is 6.07 Å². The summed E-state index contributed by atoms with van der Waals surface area (Å²) >= 11 is 0. The predicted octanol–water partition coefficient (Wildman–Crippen LogP) is 3.60. The van der Waals surface area contributed by atoms with Crippen LogP contribution < -0.4 is 0 Å². The minimum Gasteiger partial charge on any atom is -0.302 e. The summed E-state index contributed by atoms with van der Waals surface area (Å²) in [6.07, 6.45) is 3.98. The third-order valence-electron chi connectivity index (χ3n) is 3.87. The van der Waals surface area contributed by atoms with E-state index in [1.54, 1.807) is 12.1 Å². The molecule has 1 aliphatic rings. The molecule has 0 unspecified atom stereocenters. The standard InChI is InChI=1S/C15H13FO/c16-14-4-1-3-11-9-12(5-6-13(11)14)15(10-17)7-2-8-15/h1,3-6,9-10H,2,7-8H2. The summed E-state index contributed by atoms with van der Waals surface area (Å²) in [5, 5.41) is 1.49. The quantitative estimate of drug-likeness (QED) is 0.718. The average Bonchev–Trinajstić information content (AvgIpc) is 2.28. The van der Waals surface area contributed by atoms with Gasteiger partial charge in [-0.3, -0.25) is 0 Å². The van der Waals surface area contributed by atoms with Crippen LogP contribution in [0.4, 0.5) is 4.39 Å². The molecule has 2 aromatic rings. The number of rotatable bonds is 2. The number of fused-ring (bicyclic) bond motifs is 1. The molecule has 1 fully saturated rings. The Morgan fingerprint density at radius 1 is 1.18 bits per heavy atom. The summed E-state index contributed by atoms with van der Waals surface area (Å²) in [5.41, 5.74) is 0.720. The SMILES string of the molecule is O=CC1(c2ccc3c(F)cccc3c2)CCC1. The molecule has 0 bridgehead atoms. The van der Waals surface area contributed by atoms with Crippen molar-refractivity contribution in [2.75, 3.05) is 0 Å². The van der Waals surface area contributed by atoms with Crippen LogP contribution in [0, 0.1) is 5.82 Å². The first-order chi connectivity index (χ1) is 8.25. The number of hydrogen-bond acceptors (Lipinski definition) is 1. The average molecular weight is 228 g/mol. The number of carbonyl (C=O) groups excluding carboxylic acids is 1. The molecule has 0 aliphatic heterocycles. The van der Waals surface area contributed by atoms with Gasteiger partial charge in [0.05, 0.1) is 5.41 Å². The Kier molecular flexibility index (Phi) is 2.25. The van der Waals surface area contributed by atoms with Crippen molar-refractivity contribution in [2.24, 2.45) is 0 Å². The Bertz CT molecular complexity index is 584. The molecule has 0 atom stereocenters. The maximum Gasteiger partial charge on any atom is 0.131 e. The minimum atomic E-state index is -0.305. The third-order valence-corrected chi connectivity index (χ3v) is 3.87. The van der Waals surface area contributed by atoms with Gasteiger partial charge in [-0.15, -0.1) is 0 Å². The van der Waals surface area contributed by atoms with E-state index >= 15 is 0 Å². The van der Waals surface area contributed by atoms with E-state index in [9.17, 15) is 9.18 Å². The molecule has 0 saturated heterocycles. The van der Waals surface area contributed by atoms with Crippen LogP contribution in [-0.2, 0) is 10.2 Å². The second kappa shape index (κ2) is 3.66. The summed E-state index contributed by atoms with van der Waals surface area (Å²) in [6, 6.07) is 10.7. The zero-order valence-corrected chi connectivity index (χ0v) is 9.45. The number of benzene rings is 2. The molecule has 0 aromatic heterocycles. The lowest BCUT2D eigenvalue weighted by Gasteiger charge is -2.37. The van der Waals surface area contributed by atoms with Gasteiger partial charge in [-0.05, 0) is 29.9 Å². The smallest absolute Gasteiger partial charge is 0.131 e. The third kappa shape index (κ3) is 1.47.